The SMILES string of the molecule is CCCCCCCCCCCC(=O)Nc1ccc2ccccc2c1. The van der Waals surface area contributed by atoms with E-state index in [2.05, 4.69) is 30.4 Å². The van der Waals surface area contributed by atoms with Crippen LogP contribution in [0.15, 0.2) is 42.5 Å². The number of benzene rings is 2. The molecule has 1 amide bonds. The van der Waals surface area contributed by atoms with Crippen LogP contribution in [0.1, 0.15) is 71.1 Å². The summed E-state index contributed by atoms with van der Waals surface area (Å²) in [4.78, 5) is 12.0. The van der Waals surface area contributed by atoms with Gasteiger partial charge in [0.2, 0.25) is 5.91 Å². The fourth-order valence-electron chi connectivity index (χ4n) is 3.09. The van der Waals surface area contributed by atoms with Crippen molar-refractivity contribution in [3.8, 4) is 0 Å². The zero-order valence-corrected chi connectivity index (χ0v) is 15.0. The Morgan fingerprint density at radius 1 is 0.792 bits per heavy atom. The first-order valence-electron chi connectivity index (χ1n) is 9.58. The maximum absolute atomic E-state index is 12.0. The number of nitrogens with one attached hydrogen (secondary N) is 1. The van der Waals surface area contributed by atoms with E-state index in [1.54, 1.807) is 0 Å². The molecule has 0 radical (unpaired) electrons. The van der Waals surface area contributed by atoms with E-state index in [0.29, 0.717) is 6.42 Å². The van der Waals surface area contributed by atoms with E-state index >= 15 is 0 Å². The molecular weight excluding hydrogens is 294 g/mol. The molecule has 0 saturated carbocycles. The van der Waals surface area contributed by atoms with Crippen molar-refractivity contribution in [3.63, 3.8) is 0 Å². The van der Waals surface area contributed by atoms with Gasteiger partial charge >= 0.3 is 0 Å². The van der Waals surface area contributed by atoms with Gasteiger partial charge in [0.15, 0.2) is 0 Å². The first kappa shape index (κ1) is 18.5. The summed E-state index contributed by atoms with van der Waals surface area (Å²) in [6, 6.07) is 14.3. The van der Waals surface area contributed by atoms with Gasteiger partial charge in [0.05, 0.1) is 0 Å². The Hall–Kier alpha value is -1.83. The molecule has 0 aliphatic rings. The molecule has 0 aromatic heterocycles. The van der Waals surface area contributed by atoms with Crippen LogP contribution < -0.4 is 5.32 Å². The topological polar surface area (TPSA) is 29.1 Å². The summed E-state index contributed by atoms with van der Waals surface area (Å²) in [6.07, 6.45) is 12.1. The lowest BCUT2D eigenvalue weighted by molar-refractivity contribution is -0.116. The van der Waals surface area contributed by atoms with Crippen LogP contribution in [0, 0.1) is 0 Å². The van der Waals surface area contributed by atoms with Crippen molar-refractivity contribution >= 4 is 22.4 Å². The molecule has 2 nitrogen and oxygen atoms in total. The van der Waals surface area contributed by atoms with Crippen LogP contribution in [0.5, 0.6) is 0 Å². The van der Waals surface area contributed by atoms with Crippen LogP contribution in [0.2, 0.25) is 0 Å². The van der Waals surface area contributed by atoms with E-state index in [-0.39, 0.29) is 5.91 Å². The number of carbonyl (C=O) groups excluding carboxylic acids is 1. The van der Waals surface area contributed by atoms with Crippen LogP contribution in [-0.2, 0) is 4.79 Å². The van der Waals surface area contributed by atoms with E-state index < -0.39 is 0 Å². The van der Waals surface area contributed by atoms with E-state index in [4.69, 9.17) is 0 Å². The summed E-state index contributed by atoms with van der Waals surface area (Å²) in [5.41, 5.74) is 0.898. The van der Waals surface area contributed by atoms with Gasteiger partial charge in [-0.25, -0.2) is 0 Å². The lowest BCUT2D eigenvalue weighted by Gasteiger charge is -2.07. The van der Waals surface area contributed by atoms with Crippen molar-refractivity contribution in [1.29, 1.82) is 0 Å². The van der Waals surface area contributed by atoms with Gasteiger partial charge in [-0.2, -0.15) is 0 Å². The minimum atomic E-state index is 0.133. The second-order valence-electron chi connectivity index (χ2n) is 6.69. The molecule has 2 aromatic carbocycles. The normalized spacial score (nSPS) is 10.9. The first-order chi connectivity index (χ1) is 11.8. The van der Waals surface area contributed by atoms with Gasteiger partial charge in [-0.3, -0.25) is 4.79 Å². The molecule has 24 heavy (non-hydrogen) atoms. The predicted molar refractivity (Wildman–Crippen MR) is 104 cm³/mol. The highest BCUT2D eigenvalue weighted by Crippen LogP contribution is 2.19. The third kappa shape index (κ3) is 6.74. The molecule has 0 unspecified atom stereocenters. The molecule has 2 rings (SSSR count). The second kappa shape index (κ2) is 10.9. The van der Waals surface area contributed by atoms with E-state index in [1.165, 1.54) is 62.1 Å². The summed E-state index contributed by atoms with van der Waals surface area (Å²) in [6.45, 7) is 2.25. The lowest BCUT2D eigenvalue weighted by Crippen LogP contribution is -2.10. The number of unbranched alkanes of at least 4 members (excludes halogenated alkanes) is 8. The lowest BCUT2D eigenvalue weighted by atomic mass is 10.1. The van der Waals surface area contributed by atoms with Crippen molar-refractivity contribution < 1.29 is 4.79 Å². The van der Waals surface area contributed by atoms with Crippen molar-refractivity contribution in [2.45, 2.75) is 71.1 Å². The Kier molecular flexibility index (Phi) is 8.37. The van der Waals surface area contributed by atoms with Gasteiger partial charge in [0.25, 0.3) is 0 Å². The van der Waals surface area contributed by atoms with E-state index in [1.807, 2.05) is 24.3 Å². The molecular formula is C22H31NO. The van der Waals surface area contributed by atoms with Crippen LogP contribution >= 0.6 is 0 Å². The second-order valence-corrected chi connectivity index (χ2v) is 6.69. The highest BCUT2D eigenvalue weighted by Gasteiger charge is 2.03. The molecule has 0 heterocycles. The molecule has 130 valence electrons. The van der Waals surface area contributed by atoms with E-state index in [9.17, 15) is 4.79 Å². The maximum Gasteiger partial charge on any atom is 0.224 e. The van der Waals surface area contributed by atoms with Gasteiger partial charge in [-0.15, -0.1) is 0 Å². The molecule has 0 atom stereocenters. The highest BCUT2D eigenvalue weighted by atomic mass is 16.1. The van der Waals surface area contributed by atoms with Gasteiger partial charge in [-0.1, -0.05) is 88.6 Å². The van der Waals surface area contributed by atoms with Crippen LogP contribution in [-0.4, -0.2) is 5.91 Å². The minimum Gasteiger partial charge on any atom is -0.326 e. The van der Waals surface area contributed by atoms with Gasteiger partial charge in [0, 0.05) is 12.1 Å². The quantitative estimate of drug-likeness (QED) is 0.458. The molecule has 1 N–H and O–H groups in total. The number of amides is 1. The summed E-state index contributed by atoms with van der Waals surface area (Å²) in [5, 5.41) is 5.39. The van der Waals surface area contributed by atoms with Crippen LogP contribution in [0.4, 0.5) is 5.69 Å². The molecule has 0 aliphatic carbocycles. The highest BCUT2D eigenvalue weighted by molar-refractivity contribution is 5.94. The standard InChI is InChI=1S/C22H31NO/c1-2-3-4-5-6-7-8-9-10-15-22(24)23-21-17-16-19-13-11-12-14-20(19)18-21/h11-14,16-18H,2-10,15H2,1H3,(H,23,24). The van der Waals surface area contributed by atoms with Crippen molar-refractivity contribution in [2.24, 2.45) is 0 Å². The van der Waals surface area contributed by atoms with Gasteiger partial charge < -0.3 is 5.32 Å². The molecule has 0 bridgehead atoms. The number of hydrogen-bond acceptors (Lipinski definition) is 1. The number of hydrogen-bond donors (Lipinski definition) is 1. The van der Waals surface area contributed by atoms with E-state index in [0.717, 1.165) is 12.1 Å². The monoisotopic (exact) mass is 325 g/mol. The predicted octanol–water partition coefficient (Wildman–Crippen LogP) is 6.70. The minimum absolute atomic E-state index is 0.133. The van der Waals surface area contributed by atoms with Crippen molar-refractivity contribution in [3.05, 3.63) is 42.5 Å². The van der Waals surface area contributed by atoms with Gasteiger partial charge in [-0.05, 0) is 29.3 Å². The Balaban J connectivity index is 1.59. The molecule has 2 heteroatoms. The maximum atomic E-state index is 12.0. The molecule has 0 fully saturated rings. The fourth-order valence-corrected chi connectivity index (χ4v) is 3.09. The summed E-state index contributed by atoms with van der Waals surface area (Å²) in [7, 11) is 0. The van der Waals surface area contributed by atoms with Crippen LogP contribution in [0.25, 0.3) is 10.8 Å². The van der Waals surface area contributed by atoms with Crippen molar-refractivity contribution in [1.82, 2.24) is 0 Å². The molecule has 0 spiro atoms. The summed E-state index contributed by atoms with van der Waals surface area (Å²) in [5.74, 6) is 0.133. The smallest absolute Gasteiger partial charge is 0.224 e. The number of fused-ring (bicyclic) bond motifs is 1. The third-order valence-electron chi connectivity index (χ3n) is 4.54. The number of carbonyl (C=O) groups is 1. The summed E-state index contributed by atoms with van der Waals surface area (Å²) < 4.78 is 0. The van der Waals surface area contributed by atoms with Gasteiger partial charge in [0.1, 0.15) is 0 Å². The zero-order chi connectivity index (χ0) is 17.0. The Labute approximate surface area is 146 Å². The van der Waals surface area contributed by atoms with Crippen molar-refractivity contribution in [2.75, 3.05) is 5.32 Å². The fraction of sp³-hybridized carbons (Fsp3) is 0.500. The number of rotatable bonds is 11. The largest absolute Gasteiger partial charge is 0.326 e. The molecule has 0 aliphatic heterocycles. The van der Waals surface area contributed by atoms with Crippen LogP contribution in [0.3, 0.4) is 0 Å². The molecule has 2 aromatic rings. The first-order valence-corrected chi connectivity index (χ1v) is 9.58. The third-order valence-corrected chi connectivity index (χ3v) is 4.54. The zero-order valence-electron chi connectivity index (χ0n) is 15.0. The Morgan fingerprint density at radius 3 is 2.12 bits per heavy atom. The summed E-state index contributed by atoms with van der Waals surface area (Å²) >= 11 is 0. The average molecular weight is 325 g/mol. The molecule has 0 saturated heterocycles. The Bertz CT molecular complexity index is 620. The average Bonchev–Trinajstić information content (AvgIpc) is 2.60. The number of anilines is 1. The Morgan fingerprint density at radius 2 is 1.42 bits per heavy atom.